The number of nitrogens with one attached hydrogen (secondary N) is 1. The third-order valence-electron chi connectivity index (χ3n) is 5.87. The Hall–Kier alpha value is -3.49. The van der Waals surface area contributed by atoms with Crippen LogP contribution in [0.3, 0.4) is 0 Å². The Bertz CT molecular complexity index is 1530. The molecule has 0 spiro atoms. The van der Waals surface area contributed by atoms with Gasteiger partial charge in [-0.05, 0) is 55.0 Å². The fourth-order valence-corrected chi connectivity index (χ4v) is 4.32. The minimum atomic E-state index is -0.404. The van der Waals surface area contributed by atoms with Crippen LogP contribution >= 0.6 is 48.0 Å². The average molecular weight is 622 g/mol. The molecule has 3 N–H and O–H groups in total. The van der Waals surface area contributed by atoms with Crippen molar-refractivity contribution in [1.82, 2.24) is 10.3 Å². The lowest BCUT2D eigenvalue weighted by atomic mass is 10.1. The second-order valence-electron chi connectivity index (χ2n) is 8.60. The molecule has 0 radical (unpaired) electrons. The monoisotopic (exact) mass is 620 g/mol. The summed E-state index contributed by atoms with van der Waals surface area (Å²) in [6, 6.07) is 20.0. The molecule has 7 nitrogen and oxygen atoms in total. The summed E-state index contributed by atoms with van der Waals surface area (Å²) < 4.78 is 6.06. The van der Waals surface area contributed by atoms with Gasteiger partial charge >= 0.3 is 0 Å². The number of benzene rings is 3. The molecule has 0 aliphatic rings. The van der Waals surface area contributed by atoms with Crippen LogP contribution in [0.5, 0.6) is 5.75 Å². The molecule has 40 heavy (non-hydrogen) atoms. The summed E-state index contributed by atoms with van der Waals surface area (Å²) in [6.45, 7) is 1.78. The van der Waals surface area contributed by atoms with Gasteiger partial charge in [-0.25, -0.2) is 4.98 Å². The van der Waals surface area contributed by atoms with Gasteiger partial charge in [0, 0.05) is 40.5 Å². The highest BCUT2D eigenvalue weighted by Crippen LogP contribution is 2.35. The van der Waals surface area contributed by atoms with Crippen LogP contribution in [0.4, 0.5) is 11.4 Å². The lowest BCUT2D eigenvalue weighted by Crippen LogP contribution is -2.37. The van der Waals surface area contributed by atoms with Crippen molar-refractivity contribution >= 4 is 88.2 Å². The van der Waals surface area contributed by atoms with E-state index in [4.69, 9.17) is 33.7 Å². The van der Waals surface area contributed by atoms with Crippen LogP contribution in [0.25, 0.3) is 17.0 Å². The number of hydrogen-bond acceptors (Lipinski definition) is 5. The number of carbonyl (C=O) groups is 2. The maximum atomic E-state index is 12.8. The van der Waals surface area contributed by atoms with E-state index >= 15 is 0 Å². The Morgan fingerprint density at radius 2 is 1.75 bits per heavy atom. The Morgan fingerprint density at radius 3 is 2.48 bits per heavy atom. The van der Waals surface area contributed by atoms with E-state index in [9.17, 15) is 9.59 Å². The van der Waals surface area contributed by atoms with Crippen molar-refractivity contribution in [1.29, 1.82) is 0 Å². The summed E-state index contributed by atoms with van der Waals surface area (Å²) in [5.41, 5.74) is 9.71. The number of rotatable bonds is 8. The number of carbonyl (C=O) groups excluding carboxylic acids is 2. The highest BCUT2D eigenvalue weighted by Gasteiger charge is 2.19. The zero-order valence-electron chi connectivity index (χ0n) is 21.7. The topological polar surface area (TPSA) is 97.5 Å². The van der Waals surface area contributed by atoms with Crippen molar-refractivity contribution in [2.24, 2.45) is 0 Å². The number of nitrogens with zero attached hydrogens (tertiary/aromatic N) is 2. The predicted molar refractivity (Wildman–Crippen MR) is 168 cm³/mol. The number of aryl methyl sites for hydroxylation is 1. The molecule has 4 aromatic rings. The predicted octanol–water partition coefficient (Wildman–Crippen LogP) is 6.65. The van der Waals surface area contributed by atoms with Crippen LogP contribution in [0.1, 0.15) is 16.8 Å². The molecule has 2 amide bonds. The van der Waals surface area contributed by atoms with Crippen molar-refractivity contribution in [2.45, 2.75) is 13.5 Å². The van der Waals surface area contributed by atoms with Gasteiger partial charge in [-0.1, -0.05) is 53.5 Å². The summed E-state index contributed by atoms with van der Waals surface area (Å²) in [7, 11) is 1.58. The standard InChI is InChI=1S/C29H26Cl2N4O3.2ClH/c1-18-6-10-20-4-3-5-25(29(20)34-18)38-17-22-23(30)13-14-24(28(22)31)35(2)27(37)16-33-26(36)15-9-19-7-11-21(32)12-8-19;;/h3-15H,16-17,32H2,1-2H3,(H,33,36);2*1H. The number of nitrogen functional groups attached to an aromatic ring is 1. The third-order valence-corrected chi connectivity index (χ3v) is 6.65. The second-order valence-corrected chi connectivity index (χ2v) is 9.38. The van der Waals surface area contributed by atoms with Gasteiger partial charge in [0.05, 0.1) is 17.3 Å². The van der Waals surface area contributed by atoms with Gasteiger partial charge in [0.25, 0.3) is 0 Å². The van der Waals surface area contributed by atoms with E-state index in [0.717, 1.165) is 22.2 Å². The quantitative estimate of drug-likeness (QED) is 0.170. The van der Waals surface area contributed by atoms with E-state index in [0.29, 0.717) is 27.7 Å². The van der Waals surface area contributed by atoms with Crippen LogP contribution in [0.15, 0.2) is 72.8 Å². The van der Waals surface area contributed by atoms with E-state index in [2.05, 4.69) is 10.3 Å². The van der Waals surface area contributed by atoms with Gasteiger partial charge in [0.2, 0.25) is 11.8 Å². The van der Waals surface area contributed by atoms with Crippen LogP contribution in [0.2, 0.25) is 10.0 Å². The second kappa shape index (κ2) is 14.8. The van der Waals surface area contributed by atoms with Gasteiger partial charge in [0.1, 0.15) is 17.9 Å². The maximum Gasteiger partial charge on any atom is 0.246 e. The number of anilines is 2. The molecule has 4 rings (SSSR count). The molecule has 1 heterocycles. The van der Waals surface area contributed by atoms with E-state index in [1.165, 1.54) is 11.0 Å². The van der Waals surface area contributed by atoms with E-state index in [1.807, 2.05) is 37.3 Å². The van der Waals surface area contributed by atoms with Crippen molar-refractivity contribution in [3.05, 3.63) is 99.7 Å². The molecule has 0 saturated heterocycles. The Morgan fingerprint density at radius 1 is 1.02 bits per heavy atom. The molecule has 0 fully saturated rings. The van der Waals surface area contributed by atoms with E-state index in [-0.39, 0.29) is 48.9 Å². The number of halogens is 4. The number of fused-ring (bicyclic) bond motifs is 1. The first kappa shape index (κ1) is 32.7. The molecule has 3 aromatic carbocycles. The largest absolute Gasteiger partial charge is 0.487 e. The number of likely N-dealkylation sites (N-methyl/N-ethyl adjacent to an activating group) is 1. The van der Waals surface area contributed by atoms with Crippen LogP contribution in [0, 0.1) is 6.92 Å². The number of pyridine rings is 1. The minimum absolute atomic E-state index is 0. The highest BCUT2D eigenvalue weighted by molar-refractivity contribution is 6.38. The van der Waals surface area contributed by atoms with Gasteiger partial charge in [-0.2, -0.15) is 0 Å². The van der Waals surface area contributed by atoms with Gasteiger partial charge in [-0.3, -0.25) is 9.59 Å². The third kappa shape index (κ3) is 8.02. The van der Waals surface area contributed by atoms with Crippen molar-refractivity contribution in [3.63, 3.8) is 0 Å². The maximum absolute atomic E-state index is 12.8. The zero-order valence-corrected chi connectivity index (χ0v) is 24.8. The lowest BCUT2D eigenvalue weighted by Gasteiger charge is -2.21. The SMILES string of the molecule is Cc1ccc2cccc(OCc3c(Cl)ccc(N(C)C(=O)CNC(=O)C=Cc4ccc(N)cc4)c3Cl)c2n1.Cl.Cl. The first-order chi connectivity index (χ1) is 18.2. The molecule has 1 aromatic heterocycles. The first-order valence-corrected chi connectivity index (χ1v) is 12.5. The molecular formula is C29H28Cl4N4O3. The van der Waals surface area contributed by atoms with Crippen molar-refractivity contribution < 1.29 is 14.3 Å². The fourth-order valence-electron chi connectivity index (χ4n) is 3.71. The molecular weight excluding hydrogens is 594 g/mol. The normalized spacial score (nSPS) is 10.5. The molecule has 210 valence electrons. The molecule has 11 heteroatoms. The molecule has 0 bridgehead atoms. The number of hydrogen-bond donors (Lipinski definition) is 2. The lowest BCUT2D eigenvalue weighted by molar-refractivity contribution is -0.122. The molecule has 0 aliphatic heterocycles. The number of amides is 2. The average Bonchev–Trinajstić information content (AvgIpc) is 2.91. The number of ether oxygens (including phenoxy) is 1. The van der Waals surface area contributed by atoms with Crippen molar-refractivity contribution in [3.8, 4) is 5.75 Å². The van der Waals surface area contributed by atoms with Gasteiger partial charge < -0.3 is 20.7 Å². The van der Waals surface area contributed by atoms with Crippen LogP contribution in [-0.4, -0.2) is 30.4 Å². The molecule has 0 aliphatic carbocycles. The Labute approximate surface area is 255 Å². The van der Waals surface area contributed by atoms with Gasteiger partial charge in [-0.15, -0.1) is 24.8 Å². The van der Waals surface area contributed by atoms with E-state index in [1.54, 1.807) is 49.5 Å². The molecule has 0 atom stereocenters. The smallest absolute Gasteiger partial charge is 0.246 e. The summed E-state index contributed by atoms with van der Waals surface area (Å²) in [5, 5.41) is 4.23. The summed E-state index contributed by atoms with van der Waals surface area (Å²) >= 11 is 13.1. The van der Waals surface area contributed by atoms with Crippen LogP contribution in [-0.2, 0) is 16.2 Å². The van der Waals surface area contributed by atoms with Crippen molar-refractivity contribution in [2.75, 3.05) is 24.2 Å². The van der Waals surface area contributed by atoms with Gasteiger partial charge in [0.15, 0.2) is 0 Å². The number of nitrogens with two attached hydrogens (primary N) is 1. The number of para-hydroxylation sites is 1. The minimum Gasteiger partial charge on any atom is -0.487 e. The zero-order chi connectivity index (χ0) is 27.2. The molecule has 0 saturated carbocycles. The van der Waals surface area contributed by atoms with Crippen LogP contribution < -0.4 is 20.7 Å². The highest BCUT2D eigenvalue weighted by atomic mass is 35.5. The first-order valence-electron chi connectivity index (χ1n) is 11.8. The Balaban J connectivity index is 0.00000280. The summed E-state index contributed by atoms with van der Waals surface area (Å²) in [4.78, 5) is 30.9. The fraction of sp³-hybridized carbons (Fsp3) is 0.138. The molecule has 0 unspecified atom stereocenters. The summed E-state index contributed by atoms with van der Waals surface area (Å²) in [5.74, 6) is -0.161. The Kier molecular flexibility index (Phi) is 12.1. The van der Waals surface area contributed by atoms with E-state index < -0.39 is 5.91 Å². The number of aromatic nitrogens is 1. The summed E-state index contributed by atoms with van der Waals surface area (Å²) in [6.07, 6.45) is 2.99.